The van der Waals surface area contributed by atoms with Gasteiger partial charge in [-0.15, -0.1) is 0 Å². The molecule has 1 saturated heterocycles. The van der Waals surface area contributed by atoms with Gasteiger partial charge < -0.3 is 19.6 Å². The van der Waals surface area contributed by atoms with Crippen molar-refractivity contribution < 1.29 is 14.6 Å². The average molecular weight is 455 g/mol. The second kappa shape index (κ2) is 9.20. The SMILES string of the molecule is Cc1ccc2c(N3CCN(C(=O)OCC(C)C)CC3)nc(-c3cc(Cl)ccc3O)nc2c1. The van der Waals surface area contributed by atoms with E-state index >= 15 is 0 Å². The standard InChI is InChI=1S/C24H27ClN4O3/c1-15(2)14-32-24(31)29-10-8-28(9-11-29)23-18-6-4-16(3)12-20(18)26-22(27-23)19-13-17(25)5-7-21(19)30/h4-7,12-13,15,30H,8-11,14H2,1-3H3. The van der Waals surface area contributed by atoms with Crippen LogP contribution in [0.25, 0.3) is 22.3 Å². The maximum Gasteiger partial charge on any atom is 0.409 e. The normalized spacial score (nSPS) is 14.3. The summed E-state index contributed by atoms with van der Waals surface area (Å²) in [6.45, 7) is 8.80. The highest BCUT2D eigenvalue weighted by Crippen LogP contribution is 2.34. The van der Waals surface area contributed by atoms with Crippen LogP contribution in [0.15, 0.2) is 36.4 Å². The van der Waals surface area contributed by atoms with Crippen molar-refractivity contribution in [3.63, 3.8) is 0 Å². The number of hydrogen-bond donors (Lipinski definition) is 1. The Bertz CT molecular complexity index is 1140. The summed E-state index contributed by atoms with van der Waals surface area (Å²) < 4.78 is 5.37. The first-order valence-electron chi connectivity index (χ1n) is 10.8. The number of hydrogen-bond acceptors (Lipinski definition) is 6. The van der Waals surface area contributed by atoms with Crippen LogP contribution < -0.4 is 4.90 Å². The Hall–Kier alpha value is -3.06. The Labute approximate surface area is 192 Å². The molecule has 1 aliphatic rings. The second-order valence-corrected chi connectivity index (χ2v) is 8.93. The lowest BCUT2D eigenvalue weighted by atomic mass is 10.1. The number of benzene rings is 2. The van der Waals surface area contributed by atoms with Gasteiger partial charge in [-0.2, -0.15) is 0 Å². The summed E-state index contributed by atoms with van der Waals surface area (Å²) in [6.07, 6.45) is -0.272. The fourth-order valence-corrected chi connectivity index (χ4v) is 3.87. The maximum atomic E-state index is 12.3. The predicted octanol–water partition coefficient (Wildman–Crippen LogP) is 4.88. The summed E-state index contributed by atoms with van der Waals surface area (Å²) in [5.41, 5.74) is 2.36. The highest BCUT2D eigenvalue weighted by atomic mass is 35.5. The number of carbonyl (C=O) groups excluding carboxylic acids is 1. The number of aryl methyl sites for hydroxylation is 1. The van der Waals surface area contributed by atoms with Gasteiger partial charge in [0.15, 0.2) is 5.82 Å². The average Bonchev–Trinajstić information content (AvgIpc) is 2.78. The number of rotatable bonds is 4. The van der Waals surface area contributed by atoms with Gasteiger partial charge in [0.1, 0.15) is 11.6 Å². The van der Waals surface area contributed by atoms with E-state index in [2.05, 4.69) is 4.90 Å². The summed E-state index contributed by atoms with van der Waals surface area (Å²) in [6, 6.07) is 10.9. The smallest absolute Gasteiger partial charge is 0.409 e. The van der Waals surface area contributed by atoms with Crippen LogP contribution >= 0.6 is 11.6 Å². The number of phenolic OH excluding ortho intramolecular Hbond substituents is 1. The third-order valence-electron chi connectivity index (χ3n) is 5.41. The summed E-state index contributed by atoms with van der Waals surface area (Å²) in [7, 11) is 0. The first kappa shape index (κ1) is 22.1. The van der Waals surface area contributed by atoms with Gasteiger partial charge >= 0.3 is 6.09 Å². The Balaban J connectivity index is 1.65. The highest BCUT2D eigenvalue weighted by Gasteiger charge is 2.25. The highest BCUT2D eigenvalue weighted by molar-refractivity contribution is 6.30. The van der Waals surface area contributed by atoms with E-state index in [4.69, 9.17) is 26.3 Å². The molecule has 1 amide bonds. The number of piperazine rings is 1. The molecule has 7 nitrogen and oxygen atoms in total. The summed E-state index contributed by atoms with van der Waals surface area (Å²) in [4.78, 5) is 25.7. The van der Waals surface area contributed by atoms with E-state index < -0.39 is 0 Å². The number of phenols is 1. The third-order valence-corrected chi connectivity index (χ3v) is 5.64. The Kier molecular flexibility index (Phi) is 6.37. The van der Waals surface area contributed by atoms with Crippen LogP contribution in [0.2, 0.25) is 5.02 Å². The lowest BCUT2D eigenvalue weighted by Crippen LogP contribution is -2.49. The van der Waals surface area contributed by atoms with Crippen LogP contribution in [0.3, 0.4) is 0 Å². The summed E-state index contributed by atoms with van der Waals surface area (Å²) in [5, 5.41) is 11.8. The van der Waals surface area contributed by atoms with E-state index in [0.29, 0.717) is 55.1 Å². The van der Waals surface area contributed by atoms with E-state index in [-0.39, 0.29) is 11.8 Å². The van der Waals surface area contributed by atoms with Crippen molar-refractivity contribution in [1.29, 1.82) is 0 Å². The van der Waals surface area contributed by atoms with E-state index in [1.807, 2.05) is 39.0 Å². The third kappa shape index (κ3) is 4.72. The molecule has 0 aliphatic carbocycles. The molecular weight excluding hydrogens is 428 g/mol. The fraction of sp³-hybridized carbons (Fsp3) is 0.375. The predicted molar refractivity (Wildman–Crippen MR) is 126 cm³/mol. The minimum absolute atomic E-state index is 0.0741. The number of amides is 1. The number of nitrogens with zero attached hydrogens (tertiary/aromatic N) is 4. The molecule has 1 aliphatic heterocycles. The van der Waals surface area contributed by atoms with Gasteiger partial charge in [-0.3, -0.25) is 0 Å². The summed E-state index contributed by atoms with van der Waals surface area (Å²) in [5.74, 6) is 1.57. The van der Waals surface area contributed by atoms with E-state index in [1.54, 1.807) is 23.1 Å². The minimum atomic E-state index is -0.272. The summed E-state index contributed by atoms with van der Waals surface area (Å²) >= 11 is 6.16. The van der Waals surface area contributed by atoms with Crippen molar-refractivity contribution in [1.82, 2.24) is 14.9 Å². The van der Waals surface area contributed by atoms with Crippen molar-refractivity contribution in [2.45, 2.75) is 20.8 Å². The molecule has 2 heterocycles. The van der Waals surface area contributed by atoms with Gasteiger partial charge in [0.2, 0.25) is 0 Å². The van der Waals surface area contributed by atoms with Gasteiger partial charge in [0, 0.05) is 36.6 Å². The first-order valence-corrected chi connectivity index (χ1v) is 11.1. The van der Waals surface area contributed by atoms with Gasteiger partial charge in [-0.25, -0.2) is 14.8 Å². The van der Waals surface area contributed by atoms with E-state index in [9.17, 15) is 9.90 Å². The molecule has 32 heavy (non-hydrogen) atoms. The molecule has 1 aromatic heterocycles. The molecule has 0 radical (unpaired) electrons. The Morgan fingerprint density at radius 3 is 2.59 bits per heavy atom. The number of ether oxygens (including phenoxy) is 1. The Morgan fingerprint density at radius 2 is 1.88 bits per heavy atom. The molecule has 0 bridgehead atoms. The lowest BCUT2D eigenvalue weighted by Gasteiger charge is -2.35. The fourth-order valence-electron chi connectivity index (χ4n) is 3.70. The maximum absolute atomic E-state index is 12.3. The number of carbonyl (C=O) groups is 1. The van der Waals surface area contributed by atoms with Crippen molar-refractivity contribution in [3.8, 4) is 17.1 Å². The van der Waals surface area contributed by atoms with Crippen molar-refractivity contribution in [2.24, 2.45) is 5.92 Å². The van der Waals surface area contributed by atoms with Crippen LogP contribution in [-0.4, -0.2) is 58.9 Å². The van der Waals surface area contributed by atoms with E-state index in [0.717, 1.165) is 22.3 Å². The molecule has 1 fully saturated rings. The number of anilines is 1. The van der Waals surface area contributed by atoms with Crippen LogP contribution in [0.1, 0.15) is 19.4 Å². The molecule has 8 heteroatoms. The van der Waals surface area contributed by atoms with Crippen molar-refractivity contribution in [3.05, 3.63) is 47.0 Å². The van der Waals surface area contributed by atoms with Crippen LogP contribution in [0.5, 0.6) is 5.75 Å². The van der Waals surface area contributed by atoms with Crippen molar-refractivity contribution in [2.75, 3.05) is 37.7 Å². The molecule has 1 N–H and O–H groups in total. The molecular formula is C24H27ClN4O3. The number of aromatic hydroxyl groups is 1. The van der Waals surface area contributed by atoms with Crippen LogP contribution in [-0.2, 0) is 4.74 Å². The minimum Gasteiger partial charge on any atom is -0.507 e. The van der Waals surface area contributed by atoms with Gasteiger partial charge in [-0.05, 0) is 48.7 Å². The molecule has 0 unspecified atom stereocenters. The number of fused-ring (bicyclic) bond motifs is 1. The van der Waals surface area contributed by atoms with E-state index in [1.165, 1.54) is 0 Å². The van der Waals surface area contributed by atoms with Crippen LogP contribution in [0.4, 0.5) is 10.6 Å². The molecule has 168 valence electrons. The van der Waals surface area contributed by atoms with Crippen molar-refractivity contribution >= 4 is 34.4 Å². The van der Waals surface area contributed by atoms with Gasteiger partial charge in [-0.1, -0.05) is 31.5 Å². The lowest BCUT2D eigenvalue weighted by molar-refractivity contribution is 0.0901. The van der Waals surface area contributed by atoms with Crippen LogP contribution in [0, 0.1) is 12.8 Å². The number of halogens is 1. The second-order valence-electron chi connectivity index (χ2n) is 8.50. The molecule has 2 aromatic carbocycles. The first-order chi connectivity index (χ1) is 15.3. The zero-order chi connectivity index (χ0) is 22.8. The largest absolute Gasteiger partial charge is 0.507 e. The molecule has 0 saturated carbocycles. The Morgan fingerprint density at radius 1 is 1.12 bits per heavy atom. The molecule has 0 atom stereocenters. The monoisotopic (exact) mass is 454 g/mol. The van der Waals surface area contributed by atoms with Gasteiger partial charge in [0.25, 0.3) is 0 Å². The van der Waals surface area contributed by atoms with Gasteiger partial charge in [0.05, 0.1) is 17.7 Å². The zero-order valence-corrected chi connectivity index (χ0v) is 19.3. The molecule has 3 aromatic rings. The zero-order valence-electron chi connectivity index (χ0n) is 18.5. The quantitative estimate of drug-likeness (QED) is 0.605. The molecule has 4 rings (SSSR count). The number of aromatic nitrogens is 2. The molecule has 0 spiro atoms. The topological polar surface area (TPSA) is 78.8 Å².